The molecule has 0 aliphatic heterocycles. The highest BCUT2D eigenvalue weighted by atomic mass is 32.2. The van der Waals surface area contributed by atoms with Crippen molar-refractivity contribution in [1.29, 1.82) is 5.26 Å². The number of nitrogens with zero attached hydrogens (tertiary/aromatic N) is 2. The molecule has 6 nitrogen and oxygen atoms in total. The van der Waals surface area contributed by atoms with Crippen LogP contribution in [0.3, 0.4) is 0 Å². The molecular formula is C19H20N2O4S. The number of ether oxygens (including phenoxy) is 3. The fourth-order valence-electron chi connectivity index (χ4n) is 2.05. The van der Waals surface area contributed by atoms with Crippen molar-refractivity contribution in [3.63, 3.8) is 0 Å². The number of carbonyl (C=O) groups is 1. The number of hydrogen-bond donors (Lipinski definition) is 0. The van der Waals surface area contributed by atoms with E-state index in [1.807, 2.05) is 31.2 Å². The van der Waals surface area contributed by atoms with Gasteiger partial charge in [0.25, 0.3) is 0 Å². The Morgan fingerprint density at radius 1 is 1.08 bits per heavy atom. The highest BCUT2D eigenvalue weighted by Gasteiger charge is 2.12. The Morgan fingerprint density at radius 3 is 2.38 bits per heavy atom. The Bertz CT molecular complexity index is 772. The lowest BCUT2D eigenvalue weighted by molar-refractivity contribution is 0.0518. The van der Waals surface area contributed by atoms with Crippen LogP contribution in [0.5, 0.6) is 11.5 Å². The molecule has 0 unspecified atom stereocenters. The molecule has 2 aromatic rings. The molecule has 1 aromatic carbocycles. The molecule has 136 valence electrons. The monoisotopic (exact) mass is 372 g/mol. The van der Waals surface area contributed by atoms with E-state index in [0.717, 1.165) is 11.5 Å². The van der Waals surface area contributed by atoms with Gasteiger partial charge in [0.2, 0.25) is 0 Å². The topological polar surface area (TPSA) is 81.4 Å². The first kappa shape index (κ1) is 19.6. The SMILES string of the molecule is CCOC(=O)c1ccc(C#N)c(SCCOc2ccc(OCC)cc2)n1. The molecule has 7 heteroatoms. The Labute approximate surface area is 157 Å². The number of nitriles is 1. The van der Waals surface area contributed by atoms with Crippen LogP contribution in [-0.4, -0.2) is 36.5 Å². The van der Waals surface area contributed by atoms with Gasteiger partial charge in [-0.15, -0.1) is 11.8 Å². The maximum Gasteiger partial charge on any atom is 0.356 e. The average molecular weight is 372 g/mol. The third-order valence-electron chi connectivity index (χ3n) is 3.19. The van der Waals surface area contributed by atoms with Crippen molar-refractivity contribution in [3.8, 4) is 17.6 Å². The van der Waals surface area contributed by atoms with Gasteiger partial charge in [-0.05, 0) is 50.2 Å². The number of rotatable bonds is 9. The van der Waals surface area contributed by atoms with Crippen molar-refractivity contribution in [1.82, 2.24) is 4.98 Å². The van der Waals surface area contributed by atoms with Gasteiger partial charge in [-0.1, -0.05) is 0 Å². The van der Waals surface area contributed by atoms with Crippen LogP contribution >= 0.6 is 11.8 Å². The molecule has 0 aliphatic carbocycles. The molecule has 0 fully saturated rings. The zero-order valence-corrected chi connectivity index (χ0v) is 15.5. The second-order valence-corrected chi connectivity index (χ2v) is 6.07. The summed E-state index contributed by atoms with van der Waals surface area (Å²) in [7, 11) is 0. The Kier molecular flexibility index (Phi) is 7.77. The molecule has 0 radical (unpaired) electrons. The van der Waals surface area contributed by atoms with Crippen molar-refractivity contribution in [2.75, 3.05) is 25.6 Å². The van der Waals surface area contributed by atoms with Crippen LogP contribution in [0.25, 0.3) is 0 Å². The summed E-state index contributed by atoms with van der Waals surface area (Å²) in [6.07, 6.45) is 0. The van der Waals surface area contributed by atoms with E-state index in [1.165, 1.54) is 17.8 Å². The Hall–Kier alpha value is -2.72. The van der Waals surface area contributed by atoms with E-state index in [-0.39, 0.29) is 12.3 Å². The van der Waals surface area contributed by atoms with Crippen LogP contribution < -0.4 is 9.47 Å². The summed E-state index contributed by atoms with van der Waals surface area (Å²) < 4.78 is 16.0. The third kappa shape index (κ3) is 5.67. The minimum atomic E-state index is -0.496. The molecular weight excluding hydrogens is 352 g/mol. The van der Waals surface area contributed by atoms with Crippen molar-refractivity contribution in [2.24, 2.45) is 0 Å². The lowest BCUT2D eigenvalue weighted by atomic mass is 10.2. The van der Waals surface area contributed by atoms with Crippen LogP contribution in [0.4, 0.5) is 0 Å². The minimum absolute atomic E-state index is 0.195. The largest absolute Gasteiger partial charge is 0.494 e. The van der Waals surface area contributed by atoms with Gasteiger partial charge in [0.15, 0.2) is 0 Å². The summed E-state index contributed by atoms with van der Waals surface area (Å²) in [5, 5.41) is 9.69. The molecule has 1 heterocycles. The summed E-state index contributed by atoms with van der Waals surface area (Å²) >= 11 is 1.36. The first-order chi connectivity index (χ1) is 12.7. The maximum absolute atomic E-state index is 11.8. The fraction of sp³-hybridized carbons (Fsp3) is 0.316. The van der Waals surface area contributed by atoms with Crippen LogP contribution in [0.1, 0.15) is 29.9 Å². The number of aromatic nitrogens is 1. The average Bonchev–Trinajstić information content (AvgIpc) is 2.66. The Morgan fingerprint density at radius 2 is 1.77 bits per heavy atom. The van der Waals surface area contributed by atoms with Gasteiger partial charge in [-0.25, -0.2) is 9.78 Å². The van der Waals surface area contributed by atoms with Crippen molar-refractivity contribution < 1.29 is 19.0 Å². The molecule has 0 N–H and O–H groups in total. The van der Waals surface area contributed by atoms with Gasteiger partial charge in [-0.3, -0.25) is 0 Å². The molecule has 0 amide bonds. The minimum Gasteiger partial charge on any atom is -0.494 e. The predicted molar refractivity (Wildman–Crippen MR) is 98.7 cm³/mol. The van der Waals surface area contributed by atoms with E-state index >= 15 is 0 Å². The number of esters is 1. The summed E-state index contributed by atoms with van der Waals surface area (Å²) in [4.78, 5) is 16.0. The highest BCUT2D eigenvalue weighted by Crippen LogP contribution is 2.22. The summed E-state index contributed by atoms with van der Waals surface area (Å²) in [6.45, 7) is 5.00. The molecule has 2 rings (SSSR count). The number of pyridine rings is 1. The highest BCUT2D eigenvalue weighted by molar-refractivity contribution is 7.99. The predicted octanol–water partition coefficient (Wildman–Crippen LogP) is 3.70. The van der Waals surface area contributed by atoms with E-state index in [1.54, 1.807) is 13.0 Å². The van der Waals surface area contributed by atoms with E-state index < -0.39 is 5.97 Å². The molecule has 0 bridgehead atoms. The van der Waals surface area contributed by atoms with Gasteiger partial charge >= 0.3 is 5.97 Å². The molecule has 1 aromatic heterocycles. The molecule has 0 saturated heterocycles. The van der Waals surface area contributed by atoms with Crippen molar-refractivity contribution in [3.05, 3.63) is 47.7 Å². The summed E-state index contributed by atoms with van der Waals surface area (Å²) in [5.41, 5.74) is 0.616. The molecule has 0 spiro atoms. The fourth-order valence-corrected chi connectivity index (χ4v) is 2.84. The van der Waals surface area contributed by atoms with Crippen molar-refractivity contribution >= 4 is 17.7 Å². The maximum atomic E-state index is 11.8. The first-order valence-electron chi connectivity index (χ1n) is 8.24. The van der Waals surface area contributed by atoms with Crippen LogP contribution in [0.15, 0.2) is 41.4 Å². The van der Waals surface area contributed by atoms with Gasteiger partial charge in [-0.2, -0.15) is 5.26 Å². The van der Waals surface area contributed by atoms with Crippen LogP contribution in [-0.2, 0) is 4.74 Å². The van der Waals surface area contributed by atoms with Gasteiger partial charge in [0.1, 0.15) is 28.3 Å². The van der Waals surface area contributed by atoms with Gasteiger partial charge in [0, 0.05) is 5.75 Å². The third-order valence-corrected chi connectivity index (χ3v) is 4.15. The van der Waals surface area contributed by atoms with Gasteiger partial charge in [0.05, 0.1) is 25.4 Å². The standard InChI is InChI=1S/C19H20N2O4S/c1-3-23-15-6-8-16(9-7-15)25-11-12-26-18-14(13-20)5-10-17(21-18)19(22)24-4-2/h5-10H,3-4,11-12H2,1-2H3. The van der Waals surface area contributed by atoms with Gasteiger partial charge < -0.3 is 14.2 Å². The number of benzene rings is 1. The smallest absolute Gasteiger partial charge is 0.356 e. The Balaban J connectivity index is 1.90. The number of carbonyl (C=O) groups excluding carboxylic acids is 1. The summed E-state index contributed by atoms with van der Waals surface area (Å²) in [6, 6.07) is 12.5. The van der Waals surface area contributed by atoms with E-state index in [9.17, 15) is 10.1 Å². The normalized spacial score (nSPS) is 10.0. The molecule has 26 heavy (non-hydrogen) atoms. The number of hydrogen-bond acceptors (Lipinski definition) is 7. The zero-order chi connectivity index (χ0) is 18.8. The lowest BCUT2D eigenvalue weighted by Crippen LogP contribution is -2.08. The zero-order valence-electron chi connectivity index (χ0n) is 14.7. The van der Waals surface area contributed by atoms with Crippen LogP contribution in [0.2, 0.25) is 0 Å². The van der Waals surface area contributed by atoms with Crippen molar-refractivity contribution in [2.45, 2.75) is 18.9 Å². The quantitative estimate of drug-likeness (QED) is 0.377. The first-order valence-corrected chi connectivity index (χ1v) is 9.23. The second kappa shape index (κ2) is 10.3. The summed E-state index contributed by atoms with van der Waals surface area (Å²) in [5.74, 6) is 1.63. The molecule has 0 aliphatic rings. The number of thioether (sulfide) groups is 1. The second-order valence-electron chi connectivity index (χ2n) is 4.98. The van der Waals surface area contributed by atoms with E-state index in [4.69, 9.17) is 14.2 Å². The van der Waals surface area contributed by atoms with Crippen LogP contribution in [0, 0.1) is 11.3 Å². The lowest BCUT2D eigenvalue weighted by Gasteiger charge is -2.08. The van der Waals surface area contributed by atoms with E-state index in [2.05, 4.69) is 11.1 Å². The molecule has 0 saturated carbocycles. The molecule has 0 atom stereocenters. The van der Waals surface area contributed by atoms with E-state index in [0.29, 0.717) is 29.6 Å².